The second-order valence-corrected chi connectivity index (χ2v) is 8.50. The van der Waals surface area contributed by atoms with Crippen LogP contribution in [0.5, 0.6) is 0 Å². The average molecular weight is 351 g/mol. The molecule has 6 nitrogen and oxygen atoms in total. The van der Waals surface area contributed by atoms with Crippen LogP contribution >= 0.6 is 0 Å². The van der Waals surface area contributed by atoms with E-state index in [-0.39, 0.29) is 16.8 Å². The SMILES string of the molecule is CC(=O)N1CCCc2ccc(S(=O)(=O)N[C@H]3CCCN(C)C3)cc21. The van der Waals surface area contributed by atoms with E-state index in [1.807, 2.05) is 13.1 Å². The molecular formula is C17H25N3O3S. The summed E-state index contributed by atoms with van der Waals surface area (Å²) in [6.45, 7) is 3.90. The van der Waals surface area contributed by atoms with E-state index in [0.29, 0.717) is 6.54 Å². The van der Waals surface area contributed by atoms with Crippen LogP contribution in [0.15, 0.2) is 23.1 Å². The van der Waals surface area contributed by atoms with Crippen LogP contribution in [0.25, 0.3) is 0 Å². The van der Waals surface area contributed by atoms with Crippen molar-refractivity contribution in [2.75, 3.05) is 31.6 Å². The number of nitrogens with one attached hydrogen (secondary N) is 1. The first-order valence-electron chi connectivity index (χ1n) is 8.49. The van der Waals surface area contributed by atoms with Gasteiger partial charge in [-0.05, 0) is 57.0 Å². The standard InChI is InChI=1S/C17H25N3O3S/c1-13(21)20-10-3-5-14-7-8-16(11-17(14)20)24(22,23)18-15-6-4-9-19(2)12-15/h7-8,11,15,18H,3-6,9-10,12H2,1-2H3/t15-/m0/s1. The number of hydrogen-bond acceptors (Lipinski definition) is 4. The first-order valence-corrected chi connectivity index (χ1v) is 9.97. The minimum atomic E-state index is -3.58. The summed E-state index contributed by atoms with van der Waals surface area (Å²) in [5, 5.41) is 0. The van der Waals surface area contributed by atoms with Crippen LogP contribution < -0.4 is 9.62 Å². The minimum Gasteiger partial charge on any atom is -0.312 e. The van der Waals surface area contributed by atoms with Gasteiger partial charge in [-0.2, -0.15) is 0 Å². The maximum absolute atomic E-state index is 12.7. The fourth-order valence-corrected chi connectivity index (χ4v) is 4.88. The van der Waals surface area contributed by atoms with E-state index in [9.17, 15) is 13.2 Å². The quantitative estimate of drug-likeness (QED) is 0.893. The summed E-state index contributed by atoms with van der Waals surface area (Å²) >= 11 is 0. The van der Waals surface area contributed by atoms with Crippen molar-refractivity contribution in [2.24, 2.45) is 0 Å². The van der Waals surface area contributed by atoms with E-state index in [2.05, 4.69) is 9.62 Å². The number of nitrogens with zero attached hydrogens (tertiary/aromatic N) is 2. The van der Waals surface area contributed by atoms with Gasteiger partial charge in [0, 0.05) is 31.7 Å². The number of anilines is 1. The highest BCUT2D eigenvalue weighted by molar-refractivity contribution is 7.89. The third-order valence-electron chi connectivity index (χ3n) is 4.81. The third kappa shape index (κ3) is 3.63. The molecule has 2 aliphatic rings. The highest BCUT2D eigenvalue weighted by atomic mass is 32.2. The first kappa shape index (κ1) is 17.4. The summed E-state index contributed by atoms with van der Waals surface area (Å²) in [4.78, 5) is 15.9. The number of aryl methyl sites for hydroxylation is 1. The van der Waals surface area contributed by atoms with Crippen molar-refractivity contribution in [2.45, 2.75) is 43.5 Å². The third-order valence-corrected chi connectivity index (χ3v) is 6.33. The normalized spacial score (nSPS) is 22.2. The number of amides is 1. The Labute approximate surface area is 143 Å². The van der Waals surface area contributed by atoms with Crippen molar-refractivity contribution < 1.29 is 13.2 Å². The molecule has 0 aromatic heterocycles. The number of fused-ring (bicyclic) bond motifs is 1. The second-order valence-electron chi connectivity index (χ2n) is 6.79. The van der Waals surface area contributed by atoms with Crippen molar-refractivity contribution in [3.8, 4) is 0 Å². The van der Waals surface area contributed by atoms with E-state index < -0.39 is 10.0 Å². The summed E-state index contributed by atoms with van der Waals surface area (Å²) in [6.07, 6.45) is 3.63. The van der Waals surface area contributed by atoms with E-state index in [0.717, 1.165) is 50.0 Å². The number of benzene rings is 1. The van der Waals surface area contributed by atoms with E-state index >= 15 is 0 Å². The average Bonchev–Trinajstić information content (AvgIpc) is 2.53. The lowest BCUT2D eigenvalue weighted by Crippen LogP contribution is -2.46. The van der Waals surface area contributed by atoms with E-state index in [1.54, 1.807) is 17.0 Å². The maximum atomic E-state index is 12.7. The molecule has 1 amide bonds. The molecule has 2 heterocycles. The number of likely N-dealkylation sites (tertiary alicyclic amines) is 1. The number of carbonyl (C=O) groups is 1. The number of sulfonamides is 1. The molecule has 1 aromatic rings. The molecule has 0 unspecified atom stereocenters. The Morgan fingerprint density at radius 2 is 2.04 bits per heavy atom. The molecule has 3 rings (SSSR count). The summed E-state index contributed by atoms with van der Waals surface area (Å²) < 4.78 is 28.3. The zero-order valence-corrected chi connectivity index (χ0v) is 15.1. The highest BCUT2D eigenvalue weighted by Gasteiger charge is 2.26. The molecule has 24 heavy (non-hydrogen) atoms. The largest absolute Gasteiger partial charge is 0.312 e. The smallest absolute Gasteiger partial charge is 0.240 e. The summed E-state index contributed by atoms with van der Waals surface area (Å²) in [6, 6.07) is 5.07. The lowest BCUT2D eigenvalue weighted by atomic mass is 10.0. The van der Waals surface area contributed by atoms with E-state index in [1.165, 1.54) is 6.92 Å². The van der Waals surface area contributed by atoms with Gasteiger partial charge in [0.25, 0.3) is 0 Å². The van der Waals surface area contributed by atoms with Gasteiger partial charge >= 0.3 is 0 Å². The van der Waals surface area contributed by atoms with Crippen LogP contribution in [0.2, 0.25) is 0 Å². The van der Waals surface area contributed by atoms with Crippen LogP contribution in [-0.2, 0) is 21.2 Å². The Kier molecular flexibility index (Phi) is 4.94. The fraction of sp³-hybridized carbons (Fsp3) is 0.588. The monoisotopic (exact) mass is 351 g/mol. The molecule has 0 spiro atoms. The molecule has 1 saturated heterocycles. The maximum Gasteiger partial charge on any atom is 0.240 e. The topological polar surface area (TPSA) is 69.7 Å². The van der Waals surface area contributed by atoms with Crippen LogP contribution in [0.1, 0.15) is 31.7 Å². The van der Waals surface area contributed by atoms with Crippen molar-refractivity contribution >= 4 is 21.6 Å². The summed E-state index contributed by atoms with van der Waals surface area (Å²) in [5.74, 6) is -0.0487. The lowest BCUT2D eigenvalue weighted by molar-refractivity contribution is -0.116. The molecule has 132 valence electrons. The molecule has 1 fully saturated rings. The number of piperidine rings is 1. The van der Waals surface area contributed by atoms with Gasteiger partial charge in [-0.25, -0.2) is 13.1 Å². The number of likely N-dealkylation sites (N-methyl/N-ethyl adjacent to an activating group) is 1. The predicted octanol–water partition coefficient (Wildman–Crippen LogP) is 1.36. The van der Waals surface area contributed by atoms with Gasteiger partial charge in [0.1, 0.15) is 0 Å². The number of hydrogen-bond donors (Lipinski definition) is 1. The molecule has 0 bridgehead atoms. The zero-order valence-electron chi connectivity index (χ0n) is 14.3. The van der Waals surface area contributed by atoms with Gasteiger partial charge in [-0.1, -0.05) is 6.07 Å². The van der Waals surface area contributed by atoms with Gasteiger partial charge < -0.3 is 9.80 Å². The lowest BCUT2D eigenvalue weighted by Gasteiger charge is -2.31. The Hall–Kier alpha value is -1.44. The molecule has 1 atom stereocenters. The molecule has 7 heteroatoms. The van der Waals surface area contributed by atoms with Crippen LogP contribution in [0.3, 0.4) is 0 Å². The van der Waals surface area contributed by atoms with Gasteiger partial charge in [-0.3, -0.25) is 4.79 Å². The van der Waals surface area contributed by atoms with Gasteiger partial charge in [-0.15, -0.1) is 0 Å². The van der Waals surface area contributed by atoms with Crippen LogP contribution in [0, 0.1) is 0 Å². The Morgan fingerprint density at radius 3 is 2.75 bits per heavy atom. The minimum absolute atomic E-state index is 0.0487. The van der Waals surface area contributed by atoms with Crippen molar-refractivity contribution in [1.82, 2.24) is 9.62 Å². The molecule has 1 N–H and O–H groups in total. The van der Waals surface area contributed by atoms with Crippen LogP contribution in [0.4, 0.5) is 5.69 Å². The van der Waals surface area contributed by atoms with Gasteiger partial charge in [0.05, 0.1) is 4.90 Å². The van der Waals surface area contributed by atoms with Gasteiger partial charge in [0.2, 0.25) is 15.9 Å². The molecule has 2 aliphatic heterocycles. The molecule has 0 saturated carbocycles. The van der Waals surface area contributed by atoms with E-state index in [4.69, 9.17) is 0 Å². The number of rotatable bonds is 3. The second kappa shape index (κ2) is 6.82. The highest BCUT2D eigenvalue weighted by Crippen LogP contribution is 2.30. The zero-order chi connectivity index (χ0) is 17.3. The molecule has 0 radical (unpaired) electrons. The molecular weight excluding hydrogens is 326 g/mol. The Morgan fingerprint density at radius 1 is 1.25 bits per heavy atom. The van der Waals surface area contributed by atoms with Crippen molar-refractivity contribution in [3.63, 3.8) is 0 Å². The predicted molar refractivity (Wildman–Crippen MR) is 93.6 cm³/mol. The van der Waals surface area contributed by atoms with Crippen LogP contribution in [-0.4, -0.2) is 51.9 Å². The number of carbonyl (C=O) groups excluding carboxylic acids is 1. The summed E-state index contributed by atoms with van der Waals surface area (Å²) in [7, 11) is -1.58. The Bertz CT molecular complexity index is 733. The first-order chi connectivity index (χ1) is 11.4. The van der Waals surface area contributed by atoms with Gasteiger partial charge in [0.15, 0.2) is 0 Å². The van der Waals surface area contributed by atoms with Crippen molar-refractivity contribution in [3.05, 3.63) is 23.8 Å². The molecule has 0 aliphatic carbocycles. The fourth-order valence-electron chi connectivity index (χ4n) is 3.60. The Balaban J connectivity index is 1.86. The van der Waals surface area contributed by atoms with Crippen molar-refractivity contribution in [1.29, 1.82) is 0 Å². The molecule has 1 aromatic carbocycles. The summed E-state index contributed by atoms with van der Waals surface area (Å²) in [5.41, 5.74) is 1.77.